The topological polar surface area (TPSA) is 71.2 Å². The predicted octanol–water partition coefficient (Wildman–Crippen LogP) is 1.66. The summed E-state index contributed by atoms with van der Waals surface area (Å²) in [5.41, 5.74) is 8.50. The zero-order chi connectivity index (χ0) is 15.6. The lowest BCUT2D eigenvalue weighted by molar-refractivity contribution is 0.622. The van der Waals surface area contributed by atoms with E-state index < -0.39 is 0 Å². The third-order valence-corrected chi connectivity index (χ3v) is 4.74. The van der Waals surface area contributed by atoms with Gasteiger partial charge in [-0.05, 0) is 37.8 Å². The van der Waals surface area contributed by atoms with Crippen molar-refractivity contribution in [1.82, 2.24) is 15.0 Å². The molecule has 1 aliphatic heterocycles. The number of piperazine rings is 1. The molecule has 0 aromatic carbocycles. The summed E-state index contributed by atoms with van der Waals surface area (Å²) in [6, 6.07) is 6.04. The van der Waals surface area contributed by atoms with Crippen LogP contribution in [0.15, 0.2) is 24.4 Å². The van der Waals surface area contributed by atoms with Crippen molar-refractivity contribution in [2.24, 2.45) is 0 Å². The average Bonchev–Trinajstić information content (AvgIpc) is 2.63. The molecule has 0 saturated carbocycles. The molecular weight excluding hydrogens is 288 g/mol. The molecule has 2 aromatic heterocycles. The number of pyridine rings is 1. The molecule has 1 saturated heterocycles. The van der Waals surface area contributed by atoms with E-state index in [-0.39, 0.29) is 0 Å². The van der Waals surface area contributed by atoms with E-state index in [9.17, 15) is 0 Å². The lowest BCUT2D eigenvalue weighted by Gasteiger charge is -2.35. The molecule has 1 fully saturated rings. The van der Waals surface area contributed by atoms with Crippen molar-refractivity contribution in [3.8, 4) is 0 Å². The second-order valence-corrected chi connectivity index (χ2v) is 6.20. The van der Waals surface area contributed by atoms with Crippen LogP contribution in [0.25, 0.3) is 0 Å². The van der Waals surface area contributed by atoms with Crippen molar-refractivity contribution in [2.45, 2.75) is 25.7 Å². The number of rotatable bonds is 2. The molecule has 1 aliphatic carbocycles. The Labute approximate surface area is 136 Å². The number of nitrogens with zero attached hydrogens (tertiary/aromatic N) is 5. The van der Waals surface area contributed by atoms with Crippen LogP contribution in [0.3, 0.4) is 0 Å². The first-order chi connectivity index (χ1) is 11.3. The monoisotopic (exact) mass is 310 g/mol. The van der Waals surface area contributed by atoms with Gasteiger partial charge in [-0.25, -0.2) is 9.97 Å². The predicted molar refractivity (Wildman–Crippen MR) is 91.7 cm³/mol. The van der Waals surface area contributed by atoms with Gasteiger partial charge in [-0.2, -0.15) is 4.98 Å². The molecule has 0 amide bonds. The molecule has 3 heterocycles. The van der Waals surface area contributed by atoms with Gasteiger partial charge in [0.2, 0.25) is 5.95 Å². The number of aromatic nitrogens is 3. The quantitative estimate of drug-likeness (QED) is 0.909. The Kier molecular flexibility index (Phi) is 3.73. The lowest BCUT2D eigenvalue weighted by atomic mass is 9.96. The third-order valence-electron chi connectivity index (χ3n) is 4.74. The van der Waals surface area contributed by atoms with E-state index in [1.807, 2.05) is 18.3 Å². The minimum absolute atomic E-state index is 0.678. The maximum absolute atomic E-state index is 6.17. The van der Waals surface area contributed by atoms with Gasteiger partial charge in [0, 0.05) is 37.9 Å². The molecular formula is C17H22N6. The van der Waals surface area contributed by atoms with Crippen LogP contribution < -0.4 is 15.5 Å². The van der Waals surface area contributed by atoms with Crippen LogP contribution in [0, 0.1) is 0 Å². The van der Waals surface area contributed by atoms with Gasteiger partial charge in [0.05, 0.1) is 5.69 Å². The molecule has 0 bridgehead atoms. The smallest absolute Gasteiger partial charge is 0.227 e. The summed E-state index contributed by atoms with van der Waals surface area (Å²) in [7, 11) is 0. The minimum Gasteiger partial charge on any atom is -0.383 e. The second-order valence-electron chi connectivity index (χ2n) is 6.20. The number of aryl methyl sites for hydroxylation is 1. The Hall–Kier alpha value is -2.37. The van der Waals surface area contributed by atoms with Crippen LogP contribution in [0.5, 0.6) is 0 Å². The van der Waals surface area contributed by atoms with Crippen LogP contribution in [0.2, 0.25) is 0 Å². The molecule has 2 N–H and O–H groups in total. The van der Waals surface area contributed by atoms with E-state index >= 15 is 0 Å². The van der Waals surface area contributed by atoms with Gasteiger partial charge in [-0.1, -0.05) is 6.07 Å². The van der Waals surface area contributed by atoms with E-state index in [4.69, 9.17) is 10.7 Å². The highest BCUT2D eigenvalue weighted by Gasteiger charge is 2.23. The van der Waals surface area contributed by atoms with Crippen LogP contribution in [-0.2, 0) is 12.8 Å². The summed E-state index contributed by atoms with van der Waals surface area (Å²) in [6.07, 6.45) is 6.30. The maximum atomic E-state index is 6.17. The molecule has 6 heteroatoms. The number of nitrogen functional groups attached to an aromatic ring is 1. The molecule has 0 atom stereocenters. The van der Waals surface area contributed by atoms with Crippen molar-refractivity contribution in [1.29, 1.82) is 0 Å². The van der Waals surface area contributed by atoms with Gasteiger partial charge >= 0.3 is 0 Å². The first-order valence-electron chi connectivity index (χ1n) is 8.37. The van der Waals surface area contributed by atoms with Gasteiger partial charge in [0.15, 0.2) is 0 Å². The van der Waals surface area contributed by atoms with E-state index in [1.165, 1.54) is 18.4 Å². The molecule has 6 nitrogen and oxygen atoms in total. The molecule has 2 aromatic rings. The molecule has 0 radical (unpaired) electrons. The number of anilines is 3. The molecule has 2 aliphatic rings. The summed E-state index contributed by atoms with van der Waals surface area (Å²) in [5.74, 6) is 2.51. The Morgan fingerprint density at radius 1 is 0.913 bits per heavy atom. The fourth-order valence-electron chi connectivity index (χ4n) is 3.43. The summed E-state index contributed by atoms with van der Waals surface area (Å²) in [6.45, 7) is 3.65. The number of nitrogens with two attached hydrogens (primary N) is 1. The molecule has 4 rings (SSSR count). The Morgan fingerprint density at radius 2 is 1.70 bits per heavy atom. The SMILES string of the molecule is Nc1nc(N2CCN(c3ccccn3)CC2)nc2c1CCCC2. The maximum Gasteiger partial charge on any atom is 0.227 e. The fraction of sp³-hybridized carbons (Fsp3) is 0.471. The van der Waals surface area contributed by atoms with E-state index in [2.05, 4.69) is 25.8 Å². The van der Waals surface area contributed by atoms with Crippen molar-refractivity contribution < 1.29 is 0 Å². The first kappa shape index (κ1) is 14.2. The van der Waals surface area contributed by atoms with Crippen LogP contribution in [0.1, 0.15) is 24.1 Å². The van der Waals surface area contributed by atoms with Crippen molar-refractivity contribution in [3.05, 3.63) is 35.7 Å². The van der Waals surface area contributed by atoms with E-state index in [1.54, 1.807) is 0 Å². The van der Waals surface area contributed by atoms with Crippen molar-refractivity contribution in [3.63, 3.8) is 0 Å². The van der Waals surface area contributed by atoms with Crippen LogP contribution in [-0.4, -0.2) is 41.1 Å². The zero-order valence-electron chi connectivity index (χ0n) is 13.3. The number of hydrogen-bond acceptors (Lipinski definition) is 6. The highest BCUT2D eigenvalue weighted by molar-refractivity contribution is 5.50. The van der Waals surface area contributed by atoms with E-state index in [0.717, 1.165) is 56.5 Å². The highest BCUT2D eigenvalue weighted by Crippen LogP contribution is 2.26. The van der Waals surface area contributed by atoms with Gasteiger partial charge in [-0.15, -0.1) is 0 Å². The Balaban J connectivity index is 1.49. The second kappa shape index (κ2) is 6.02. The Morgan fingerprint density at radius 3 is 2.48 bits per heavy atom. The number of hydrogen-bond donors (Lipinski definition) is 1. The Bertz CT molecular complexity index is 679. The van der Waals surface area contributed by atoms with Crippen molar-refractivity contribution in [2.75, 3.05) is 41.7 Å². The van der Waals surface area contributed by atoms with Crippen molar-refractivity contribution >= 4 is 17.6 Å². The molecule has 0 spiro atoms. The standard InChI is InChI=1S/C17H22N6/c18-16-13-5-1-2-6-14(13)20-17(21-16)23-11-9-22(10-12-23)15-7-3-4-8-19-15/h3-4,7-8H,1-2,5-6,9-12H2,(H2,18,20,21). The molecule has 0 unspecified atom stereocenters. The number of fused-ring (bicyclic) bond motifs is 1. The molecule has 120 valence electrons. The first-order valence-corrected chi connectivity index (χ1v) is 8.37. The van der Waals surface area contributed by atoms with Crippen LogP contribution >= 0.6 is 0 Å². The van der Waals surface area contributed by atoms with Crippen LogP contribution in [0.4, 0.5) is 17.6 Å². The highest BCUT2D eigenvalue weighted by atomic mass is 15.3. The zero-order valence-corrected chi connectivity index (χ0v) is 13.3. The average molecular weight is 310 g/mol. The lowest BCUT2D eigenvalue weighted by Crippen LogP contribution is -2.47. The van der Waals surface area contributed by atoms with Gasteiger partial charge in [0.1, 0.15) is 11.6 Å². The van der Waals surface area contributed by atoms with E-state index in [0.29, 0.717) is 5.82 Å². The fourth-order valence-corrected chi connectivity index (χ4v) is 3.43. The summed E-state index contributed by atoms with van der Waals surface area (Å²) in [4.78, 5) is 18.3. The molecule has 23 heavy (non-hydrogen) atoms. The third kappa shape index (κ3) is 2.81. The van der Waals surface area contributed by atoms with Gasteiger partial charge < -0.3 is 15.5 Å². The van der Waals surface area contributed by atoms with Gasteiger partial charge in [-0.3, -0.25) is 0 Å². The summed E-state index contributed by atoms with van der Waals surface area (Å²) < 4.78 is 0. The normalized spacial score (nSPS) is 17.9. The summed E-state index contributed by atoms with van der Waals surface area (Å²) in [5, 5.41) is 0. The van der Waals surface area contributed by atoms with Gasteiger partial charge in [0.25, 0.3) is 0 Å². The minimum atomic E-state index is 0.678. The largest absolute Gasteiger partial charge is 0.383 e. The summed E-state index contributed by atoms with van der Waals surface area (Å²) >= 11 is 0.